The van der Waals surface area contributed by atoms with Crippen molar-refractivity contribution in [2.24, 2.45) is 0 Å². The Balaban J connectivity index is 2.11. The van der Waals surface area contributed by atoms with Gasteiger partial charge in [0.15, 0.2) is 0 Å². The van der Waals surface area contributed by atoms with E-state index in [1.807, 2.05) is 30.3 Å². The van der Waals surface area contributed by atoms with Crippen LogP contribution < -0.4 is 10.1 Å². The summed E-state index contributed by atoms with van der Waals surface area (Å²) in [5.74, 6) is 0.737. The summed E-state index contributed by atoms with van der Waals surface area (Å²) in [7, 11) is 1.64. The molecule has 0 aliphatic rings. The summed E-state index contributed by atoms with van der Waals surface area (Å²) in [4.78, 5) is 14.6. The maximum absolute atomic E-state index is 11.2. The SMILES string of the molecule is COc1ccc2[nH]c(-c3ccc(Cl)c(Cl)c3)c(CCNC(C)=O)c2c1. The molecule has 0 unspecified atom stereocenters. The van der Waals surface area contributed by atoms with Crippen LogP contribution >= 0.6 is 23.2 Å². The van der Waals surface area contributed by atoms with E-state index in [9.17, 15) is 4.79 Å². The van der Waals surface area contributed by atoms with Crippen molar-refractivity contribution < 1.29 is 9.53 Å². The first-order valence-electron chi connectivity index (χ1n) is 7.88. The van der Waals surface area contributed by atoms with Gasteiger partial charge in [0.2, 0.25) is 5.91 Å². The Bertz CT molecular complexity index is 935. The van der Waals surface area contributed by atoms with Gasteiger partial charge in [0.25, 0.3) is 0 Å². The Hall–Kier alpha value is -2.17. The van der Waals surface area contributed by atoms with Crippen LogP contribution in [0.5, 0.6) is 5.75 Å². The molecule has 0 atom stereocenters. The number of benzene rings is 2. The number of aromatic nitrogens is 1. The second-order valence-corrected chi connectivity index (χ2v) is 6.57. The van der Waals surface area contributed by atoms with Gasteiger partial charge in [-0.15, -0.1) is 0 Å². The molecule has 25 heavy (non-hydrogen) atoms. The van der Waals surface area contributed by atoms with Crippen LogP contribution in [0.2, 0.25) is 10.0 Å². The first-order chi connectivity index (χ1) is 12.0. The van der Waals surface area contributed by atoms with Gasteiger partial charge in [-0.1, -0.05) is 29.3 Å². The van der Waals surface area contributed by atoms with Crippen LogP contribution in [0.15, 0.2) is 36.4 Å². The van der Waals surface area contributed by atoms with Gasteiger partial charge >= 0.3 is 0 Å². The number of halogens is 2. The molecular weight excluding hydrogens is 359 g/mol. The topological polar surface area (TPSA) is 54.1 Å². The highest BCUT2D eigenvalue weighted by molar-refractivity contribution is 6.42. The monoisotopic (exact) mass is 376 g/mol. The van der Waals surface area contributed by atoms with Crippen LogP contribution in [0.3, 0.4) is 0 Å². The minimum absolute atomic E-state index is 0.0477. The third-order valence-electron chi connectivity index (χ3n) is 4.07. The van der Waals surface area contributed by atoms with Crippen molar-refractivity contribution in [1.82, 2.24) is 10.3 Å². The zero-order chi connectivity index (χ0) is 18.0. The van der Waals surface area contributed by atoms with Crippen LogP contribution in [-0.2, 0) is 11.2 Å². The van der Waals surface area contributed by atoms with Crippen LogP contribution in [-0.4, -0.2) is 24.5 Å². The van der Waals surface area contributed by atoms with E-state index in [2.05, 4.69) is 10.3 Å². The number of amides is 1. The first kappa shape index (κ1) is 17.6. The summed E-state index contributed by atoms with van der Waals surface area (Å²) in [6.45, 7) is 2.06. The molecule has 4 nitrogen and oxygen atoms in total. The van der Waals surface area contributed by atoms with Gasteiger partial charge < -0.3 is 15.0 Å². The Morgan fingerprint density at radius 3 is 2.64 bits per heavy atom. The molecule has 3 aromatic rings. The van der Waals surface area contributed by atoms with Gasteiger partial charge in [-0.3, -0.25) is 4.79 Å². The van der Waals surface area contributed by atoms with Gasteiger partial charge in [0, 0.05) is 30.1 Å². The van der Waals surface area contributed by atoms with E-state index in [1.54, 1.807) is 13.2 Å². The number of fused-ring (bicyclic) bond motifs is 1. The highest BCUT2D eigenvalue weighted by Crippen LogP contribution is 2.35. The molecule has 0 spiro atoms. The molecule has 0 aliphatic carbocycles. The van der Waals surface area contributed by atoms with Crippen molar-refractivity contribution >= 4 is 40.0 Å². The summed E-state index contributed by atoms with van der Waals surface area (Å²) < 4.78 is 5.35. The fraction of sp³-hybridized carbons (Fsp3) is 0.211. The number of H-pyrrole nitrogens is 1. The molecule has 130 valence electrons. The van der Waals surface area contributed by atoms with E-state index in [1.165, 1.54) is 6.92 Å². The summed E-state index contributed by atoms with van der Waals surface area (Å²) in [6, 6.07) is 11.4. The van der Waals surface area contributed by atoms with Crippen molar-refractivity contribution in [3.8, 4) is 17.0 Å². The molecular formula is C19H18Cl2N2O2. The average molecular weight is 377 g/mol. The Kier molecular flexibility index (Phi) is 5.21. The maximum Gasteiger partial charge on any atom is 0.216 e. The van der Waals surface area contributed by atoms with Gasteiger partial charge in [-0.2, -0.15) is 0 Å². The van der Waals surface area contributed by atoms with Crippen molar-refractivity contribution in [2.45, 2.75) is 13.3 Å². The van der Waals surface area contributed by atoms with E-state index in [4.69, 9.17) is 27.9 Å². The second kappa shape index (κ2) is 7.38. The van der Waals surface area contributed by atoms with E-state index < -0.39 is 0 Å². The molecule has 0 bridgehead atoms. The largest absolute Gasteiger partial charge is 0.497 e. The number of ether oxygens (including phenoxy) is 1. The number of methoxy groups -OCH3 is 1. The number of carbonyl (C=O) groups excluding carboxylic acids is 1. The molecule has 0 fully saturated rings. The number of nitrogens with one attached hydrogen (secondary N) is 2. The predicted molar refractivity (Wildman–Crippen MR) is 103 cm³/mol. The number of aromatic amines is 1. The summed E-state index contributed by atoms with van der Waals surface area (Å²) in [5.41, 5.74) is 4.01. The van der Waals surface area contributed by atoms with Gasteiger partial charge in [-0.25, -0.2) is 0 Å². The normalized spacial score (nSPS) is 10.9. The van der Waals surface area contributed by atoms with Crippen molar-refractivity contribution in [3.63, 3.8) is 0 Å². The molecule has 2 N–H and O–H groups in total. The van der Waals surface area contributed by atoms with Crippen LogP contribution in [0, 0.1) is 0 Å². The molecule has 0 saturated heterocycles. The lowest BCUT2D eigenvalue weighted by Crippen LogP contribution is -2.22. The molecule has 1 amide bonds. The van der Waals surface area contributed by atoms with Gasteiger partial charge in [0.1, 0.15) is 5.75 Å². The van der Waals surface area contributed by atoms with E-state index in [0.717, 1.165) is 33.5 Å². The van der Waals surface area contributed by atoms with Crippen molar-refractivity contribution in [3.05, 3.63) is 52.0 Å². The summed E-state index contributed by atoms with van der Waals surface area (Å²) >= 11 is 12.2. The first-order valence-corrected chi connectivity index (χ1v) is 8.63. The molecule has 2 aromatic carbocycles. The molecule has 0 radical (unpaired) electrons. The van der Waals surface area contributed by atoms with E-state index in [0.29, 0.717) is 23.0 Å². The standard InChI is InChI=1S/C19H18Cl2N2O2/c1-11(24)22-8-7-14-15-10-13(25-2)4-6-18(15)23-19(14)12-3-5-16(20)17(21)9-12/h3-6,9-10,23H,7-8H2,1-2H3,(H,22,24). The number of rotatable bonds is 5. The summed E-state index contributed by atoms with van der Waals surface area (Å²) in [6.07, 6.45) is 0.683. The molecule has 1 aromatic heterocycles. The third-order valence-corrected chi connectivity index (χ3v) is 4.81. The van der Waals surface area contributed by atoms with E-state index >= 15 is 0 Å². The Morgan fingerprint density at radius 1 is 1.16 bits per heavy atom. The molecule has 1 heterocycles. The number of hydrogen-bond acceptors (Lipinski definition) is 2. The molecule has 3 rings (SSSR count). The van der Waals surface area contributed by atoms with Gasteiger partial charge in [0.05, 0.1) is 17.2 Å². The Labute approximate surface area is 156 Å². The van der Waals surface area contributed by atoms with Crippen molar-refractivity contribution in [1.29, 1.82) is 0 Å². The predicted octanol–water partition coefficient (Wildman–Crippen LogP) is 4.83. The zero-order valence-corrected chi connectivity index (χ0v) is 15.5. The second-order valence-electron chi connectivity index (χ2n) is 5.75. The number of hydrogen-bond donors (Lipinski definition) is 2. The van der Waals surface area contributed by atoms with E-state index in [-0.39, 0.29) is 5.91 Å². The third kappa shape index (κ3) is 3.75. The fourth-order valence-corrected chi connectivity index (χ4v) is 3.17. The molecule has 6 heteroatoms. The van der Waals surface area contributed by atoms with Crippen molar-refractivity contribution in [2.75, 3.05) is 13.7 Å². The Morgan fingerprint density at radius 2 is 1.96 bits per heavy atom. The smallest absolute Gasteiger partial charge is 0.216 e. The summed E-state index contributed by atoms with van der Waals surface area (Å²) in [5, 5.41) is 4.93. The van der Waals surface area contributed by atoms with Crippen LogP contribution in [0.25, 0.3) is 22.2 Å². The van der Waals surface area contributed by atoms with Crippen LogP contribution in [0.4, 0.5) is 0 Å². The maximum atomic E-state index is 11.2. The minimum Gasteiger partial charge on any atom is -0.497 e. The molecule has 0 aliphatic heterocycles. The zero-order valence-electron chi connectivity index (χ0n) is 14.0. The highest BCUT2D eigenvalue weighted by atomic mass is 35.5. The number of carbonyl (C=O) groups is 1. The lowest BCUT2D eigenvalue weighted by atomic mass is 10.0. The van der Waals surface area contributed by atoms with Gasteiger partial charge in [-0.05, 0) is 47.9 Å². The fourth-order valence-electron chi connectivity index (χ4n) is 2.88. The molecule has 0 saturated carbocycles. The quantitative estimate of drug-likeness (QED) is 0.669. The van der Waals surface area contributed by atoms with Crippen LogP contribution in [0.1, 0.15) is 12.5 Å². The highest BCUT2D eigenvalue weighted by Gasteiger charge is 2.15. The minimum atomic E-state index is -0.0477. The lowest BCUT2D eigenvalue weighted by molar-refractivity contribution is -0.118. The average Bonchev–Trinajstić information content (AvgIpc) is 2.95. The lowest BCUT2D eigenvalue weighted by Gasteiger charge is -2.08.